The molecule has 5 nitrogen and oxygen atoms in total. The first-order valence-electron chi connectivity index (χ1n) is 4.82. The lowest BCUT2D eigenvalue weighted by Crippen LogP contribution is -2.14. The van der Waals surface area contributed by atoms with E-state index in [1.54, 1.807) is 25.4 Å². The lowest BCUT2D eigenvalue weighted by Gasteiger charge is -1.91. The summed E-state index contributed by atoms with van der Waals surface area (Å²) in [6.07, 6.45) is 3.42. The number of pyridine rings is 1. The number of rotatable bonds is 3. The molecule has 0 radical (unpaired) electrons. The molecular formula is C11H11N3O2. The molecule has 0 unspecified atom stereocenters. The SMILES string of the molecule is Cc1oc(-c2cccnc2)nc1CC(N)=O. The Bertz CT molecular complexity index is 505. The summed E-state index contributed by atoms with van der Waals surface area (Å²) in [4.78, 5) is 19.0. The number of nitrogens with two attached hydrogens (primary N) is 1. The van der Waals surface area contributed by atoms with Crippen LogP contribution in [0.4, 0.5) is 0 Å². The maximum absolute atomic E-state index is 10.8. The summed E-state index contributed by atoms with van der Waals surface area (Å²) in [5.41, 5.74) is 6.46. The Labute approximate surface area is 92.3 Å². The van der Waals surface area contributed by atoms with Crippen LogP contribution in [-0.4, -0.2) is 15.9 Å². The molecule has 0 bridgehead atoms. The molecule has 2 N–H and O–H groups in total. The van der Waals surface area contributed by atoms with Gasteiger partial charge in [-0.15, -0.1) is 0 Å². The molecule has 0 aliphatic carbocycles. The van der Waals surface area contributed by atoms with E-state index in [-0.39, 0.29) is 6.42 Å². The van der Waals surface area contributed by atoms with Gasteiger partial charge in [0.25, 0.3) is 0 Å². The zero-order valence-corrected chi connectivity index (χ0v) is 8.80. The van der Waals surface area contributed by atoms with Crippen LogP contribution in [0.2, 0.25) is 0 Å². The number of hydrogen-bond donors (Lipinski definition) is 1. The third-order valence-corrected chi connectivity index (χ3v) is 2.14. The lowest BCUT2D eigenvalue weighted by molar-refractivity contribution is -0.117. The highest BCUT2D eigenvalue weighted by Crippen LogP contribution is 2.20. The molecule has 1 amide bonds. The van der Waals surface area contributed by atoms with E-state index in [0.29, 0.717) is 17.3 Å². The number of amides is 1. The van der Waals surface area contributed by atoms with Crippen molar-refractivity contribution in [2.75, 3.05) is 0 Å². The number of carbonyl (C=O) groups is 1. The zero-order valence-electron chi connectivity index (χ0n) is 8.80. The number of hydrogen-bond acceptors (Lipinski definition) is 4. The molecule has 2 aromatic heterocycles. The van der Waals surface area contributed by atoms with E-state index in [1.807, 2.05) is 6.07 Å². The Morgan fingerprint density at radius 1 is 1.56 bits per heavy atom. The minimum Gasteiger partial charge on any atom is -0.441 e. The second kappa shape index (κ2) is 4.14. The quantitative estimate of drug-likeness (QED) is 0.833. The normalized spacial score (nSPS) is 10.3. The molecular weight excluding hydrogens is 206 g/mol. The monoisotopic (exact) mass is 217 g/mol. The molecule has 0 saturated heterocycles. The van der Waals surface area contributed by atoms with Crippen LogP contribution in [0.25, 0.3) is 11.5 Å². The van der Waals surface area contributed by atoms with Gasteiger partial charge in [0, 0.05) is 12.4 Å². The fourth-order valence-electron chi connectivity index (χ4n) is 1.37. The van der Waals surface area contributed by atoms with E-state index in [0.717, 1.165) is 5.56 Å². The highest BCUT2D eigenvalue weighted by molar-refractivity contribution is 5.76. The predicted octanol–water partition coefficient (Wildman–Crippen LogP) is 1.07. The second-order valence-corrected chi connectivity index (χ2v) is 3.41. The van der Waals surface area contributed by atoms with Gasteiger partial charge in [-0.3, -0.25) is 9.78 Å². The van der Waals surface area contributed by atoms with Gasteiger partial charge in [0.1, 0.15) is 5.76 Å². The summed E-state index contributed by atoms with van der Waals surface area (Å²) in [7, 11) is 0. The van der Waals surface area contributed by atoms with Crippen LogP contribution < -0.4 is 5.73 Å². The van der Waals surface area contributed by atoms with E-state index in [2.05, 4.69) is 9.97 Å². The molecule has 5 heteroatoms. The first kappa shape index (κ1) is 10.4. The van der Waals surface area contributed by atoms with Crippen LogP contribution in [0.1, 0.15) is 11.5 Å². The number of aromatic nitrogens is 2. The maximum atomic E-state index is 10.8. The van der Waals surface area contributed by atoms with Crippen LogP contribution in [-0.2, 0) is 11.2 Å². The summed E-state index contributed by atoms with van der Waals surface area (Å²) < 4.78 is 5.44. The molecule has 2 aromatic rings. The standard InChI is InChI=1S/C11H11N3O2/c1-7-9(5-10(12)15)14-11(16-7)8-3-2-4-13-6-8/h2-4,6H,5H2,1H3,(H2,12,15). The minimum absolute atomic E-state index is 0.0929. The summed E-state index contributed by atoms with van der Waals surface area (Å²) in [5.74, 6) is 0.647. The van der Waals surface area contributed by atoms with Gasteiger partial charge in [-0.25, -0.2) is 4.98 Å². The van der Waals surface area contributed by atoms with Crippen LogP contribution in [0.3, 0.4) is 0 Å². The molecule has 2 heterocycles. The fourth-order valence-corrected chi connectivity index (χ4v) is 1.37. The fraction of sp³-hybridized carbons (Fsp3) is 0.182. The van der Waals surface area contributed by atoms with Crippen LogP contribution >= 0.6 is 0 Å². The van der Waals surface area contributed by atoms with Crippen molar-refractivity contribution in [3.05, 3.63) is 36.0 Å². The number of nitrogens with zero attached hydrogens (tertiary/aromatic N) is 2. The van der Waals surface area contributed by atoms with E-state index >= 15 is 0 Å². The van der Waals surface area contributed by atoms with Crippen molar-refractivity contribution in [2.24, 2.45) is 5.73 Å². The summed E-state index contributed by atoms with van der Waals surface area (Å²) in [6, 6.07) is 3.63. The van der Waals surface area contributed by atoms with Crippen molar-refractivity contribution in [3.63, 3.8) is 0 Å². The molecule has 0 aliphatic heterocycles. The summed E-state index contributed by atoms with van der Waals surface area (Å²) >= 11 is 0. The molecule has 0 saturated carbocycles. The van der Waals surface area contributed by atoms with Crippen molar-refractivity contribution in [2.45, 2.75) is 13.3 Å². The first-order chi connectivity index (χ1) is 7.66. The van der Waals surface area contributed by atoms with E-state index in [9.17, 15) is 4.79 Å². The molecule has 0 spiro atoms. The van der Waals surface area contributed by atoms with Gasteiger partial charge in [0.15, 0.2) is 0 Å². The van der Waals surface area contributed by atoms with E-state index in [1.165, 1.54) is 0 Å². The van der Waals surface area contributed by atoms with E-state index < -0.39 is 5.91 Å². The van der Waals surface area contributed by atoms with Gasteiger partial charge < -0.3 is 10.2 Å². The first-order valence-corrected chi connectivity index (χ1v) is 4.82. The Hall–Kier alpha value is -2.17. The van der Waals surface area contributed by atoms with Gasteiger partial charge in [0.05, 0.1) is 17.7 Å². The van der Waals surface area contributed by atoms with Crippen molar-refractivity contribution < 1.29 is 9.21 Å². The minimum atomic E-state index is -0.422. The molecule has 16 heavy (non-hydrogen) atoms. The van der Waals surface area contributed by atoms with Crippen LogP contribution in [0.15, 0.2) is 28.9 Å². The van der Waals surface area contributed by atoms with Gasteiger partial charge in [0.2, 0.25) is 11.8 Å². The molecule has 0 aliphatic rings. The third kappa shape index (κ3) is 2.08. The van der Waals surface area contributed by atoms with Gasteiger partial charge in [-0.05, 0) is 19.1 Å². The number of carbonyl (C=O) groups excluding carboxylic acids is 1. The molecule has 2 rings (SSSR count). The maximum Gasteiger partial charge on any atom is 0.228 e. The number of aryl methyl sites for hydroxylation is 1. The zero-order chi connectivity index (χ0) is 11.5. The van der Waals surface area contributed by atoms with Crippen molar-refractivity contribution in [3.8, 4) is 11.5 Å². The summed E-state index contributed by atoms with van der Waals surface area (Å²) in [6.45, 7) is 1.76. The van der Waals surface area contributed by atoms with Crippen molar-refractivity contribution >= 4 is 5.91 Å². The molecule has 0 fully saturated rings. The second-order valence-electron chi connectivity index (χ2n) is 3.41. The third-order valence-electron chi connectivity index (χ3n) is 2.14. The highest BCUT2D eigenvalue weighted by atomic mass is 16.4. The van der Waals surface area contributed by atoms with Gasteiger partial charge >= 0.3 is 0 Å². The predicted molar refractivity (Wildman–Crippen MR) is 57.4 cm³/mol. The number of oxazole rings is 1. The number of primary amides is 1. The topological polar surface area (TPSA) is 82.0 Å². The Kier molecular flexibility index (Phi) is 2.68. The largest absolute Gasteiger partial charge is 0.441 e. The Balaban J connectivity index is 2.34. The molecule has 0 aromatic carbocycles. The van der Waals surface area contributed by atoms with Crippen molar-refractivity contribution in [1.82, 2.24) is 9.97 Å². The van der Waals surface area contributed by atoms with E-state index in [4.69, 9.17) is 10.2 Å². The molecule has 82 valence electrons. The van der Waals surface area contributed by atoms with Crippen LogP contribution in [0.5, 0.6) is 0 Å². The smallest absolute Gasteiger partial charge is 0.228 e. The van der Waals surface area contributed by atoms with Gasteiger partial charge in [-0.1, -0.05) is 0 Å². The average Bonchev–Trinajstić information content (AvgIpc) is 2.61. The summed E-state index contributed by atoms with van der Waals surface area (Å²) in [5, 5.41) is 0. The van der Waals surface area contributed by atoms with Gasteiger partial charge in [-0.2, -0.15) is 0 Å². The van der Waals surface area contributed by atoms with Crippen molar-refractivity contribution in [1.29, 1.82) is 0 Å². The average molecular weight is 217 g/mol. The highest BCUT2D eigenvalue weighted by Gasteiger charge is 2.12. The Morgan fingerprint density at radius 3 is 3.00 bits per heavy atom. The Morgan fingerprint density at radius 2 is 2.38 bits per heavy atom. The van der Waals surface area contributed by atoms with Crippen LogP contribution in [0, 0.1) is 6.92 Å². The molecule has 0 atom stereocenters. The lowest BCUT2D eigenvalue weighted by atomic mass is 10.2.